The van der Waals surface area contributed by atoms with Crippen LogP contribution in [0.25, 0.3) is 10.4 Å². The standard InChI is InChI=1S/C23H38N4O8S/c1-23(2,21(28)18-36(30,31)20-6-4-3-5-7-20)19-25-22(29)8-10-32-12-14-34-16-17-35-15-13-33-11-9-26-27-24/h3-7,21,28H,8-19H2,1-2H3,(H,25,29). The van der Waals surface area contributed by atoms with Crippen molar-refractivity contribution in [3.8, 4) is 0 Å². The Kier molecular flexibility index (Phi) is 15.9. The number of nitrogens with one attached hydrogen (secondary N) is 1. The number of azide groups is 1. The number of hydrogen-bond donors (Lipinski definition) is 2. The van der Waals surface area contributed by atoms with Crippen LogP contribution in [0.1, 0.15) is 20.3 Å². The Morgan fingerprint density at radius 3 is 2.08 bits per heavy atom. The first-order valence-electron chi connectivity index (χ1n) is 11.7. The van der Waals surface area contributed by atoms with Crippen LogP contribution in [0.4, 0.5) is 0 Å². The van der Waals surface area contributed by atoms with Gasteiger partial charge in [0.15, 0.2) is 9.84 Å². The molecule has 13 heteroatoms. The number of aliphatic hydroxyl groups is 1. The molecular formula is C23H38N4O8S. The second kappa shape index (κ2) is 18.1. The third-order valence-electron chi connectivity index (χ3n) is 5.11. The van der Waals surface area contributed by atoms with Crippen LogP contribution in [0.2, 0.25) is 0 Å². The molecule has 12 nitrogen and oxygen atoms in total. The second-order valence-corrected chi connectivity index (χ2v) is 10.6. The number of carbonyl (C=O) groups excluding carboxylic acids is 1. The van der Waals surface area contributed by atoms with E-state index in [4.69, 9.17) is 24.5 Å². The Hall–Kier alpha value is -2.25. The van der Waals surface area contributed by atoms with Gasteiger partial charge in [0.2, 0.25) is 5.91 Å². The van der Waals surface area contributed by atoms with Crippen molar-refractivity contribution in [2.24, 2.45) is 10.5 Å². The van der Waals surface area contributed by atoms with Gasteiger partial charge in [-0.3, -0.25) is 4.79 Å². The van der Waals surface area contributed by atoms with Crippen molar-refractivity contribution in [3.63, 3.8) is 0 Å². The SMILES string of the molecule is CC(C)(CNC(=O)CCOCCOCCOCCOCCN=[N+]=[N-])C(O)CS(=O)(=O)c1ccccc1. The highest BCUT2D eigenvalue weighted by atomic mass is 32.2. The zero-order valence-electron chi connectivity index (χ0n) is 21.0. The van der Waals surface area contributed by atoms with E-state index in [9.17, 15) is 18.3 Å². The minimum atomic E-state index is -3.64. The molecule has 1 amide bonds. The Balaban J connectivity index is 2.07. The van der Waals surface area contributed by atoms with Gasteiger partial charge >= 0.3 is 0 Å². The zero-order chi connectivity index (χ0) is 26.7. The number of carbonyl (C=O) groups is 1. The molecule has 0 aliphatic heterocycles. The lowest BCUT2D eigenvalue weighted by Gasteiger charge is -2.30. The van der Waals surface area contributed by atoms with Crippen molar-refractivity contribution in [2.45, 2.75) is 31.3 Å². The Morgan fingerprint density at radius 1 is 1.00 bits per heavy atom. The summed E-state index contributed by atoms with van der Waals surface area (Å²) >= 11 is 0. The van der Waals surface area contributed by atoms with Gasteiger partial charge < -0.3 is 29.4 Å². The monoisotopic (exact) mass is 530 g/mol. The number of amides is 1. The fourth-order valence-corrected chi connectivity index (χ4v) is 4.40. The fraction of sp³-hybridized carbons (Fsp3) is 0.696. The molecule has 0 bridgehead atoms. The molecule has 1 aromatic rings. The van der Waals surface area contributed by atoms with E-state index in [1.807, 2.05) is 0 Å². The zero-order valence-corrected chi connectivity index (χ0v) is 21.8. The highest BCUT2D eigenvalue weighted by Crippen LogP contribution is 2.23. The van der Waals surface area contributed by atoms with Crippen molar-refractivity contribution in [2.75, 3.05) is 71.7 Å². The molecule has 1 atom stereocenters. The fourth-order valence-electron chi connectivity index (χ4n) is 2.77. The first kappa shape index (κ1) is 31.8. The topological polar surface area (TPSA) is 169 Å². The Bertz CT molecular complexity index is 893. The molecule has 0 aliphatic carbocycles. The number of aliphatic hydroxyl groups excluding tert-OH is 1. The quantitative estimate of drug-likeness (QED) is 0.105. The minimum Gasteiger partial charge on any atom is -0.391 e. The Labute approximate surface area is 212 Å². The predicted molar refractivity (Wildman–Crippen MR) is 133 cm³/mol. The van der Waals surface area contributed by atoms with Crippen molar-refractivity contribution >= 4 is 15.7 Å². The third-order valence-corrected chi connectivity index (χ3v) is 6.86. The molecule has 0 saturated carbocycles. The number of benzene rings is 1. The van der Waals surface area contributed by atoms with Gasteiger partial charge in [0.05, 0.1) is 69.6 Å². The number of sulfone groups is 1. The van der Waals surface area contributed by atoms with Gasteiger partial charge in [0.25, 0.3) is 0 Å². The molecular weight excluding hydrogens is 492 g/mol. The first-order chi connectivity index (χ1) is 17.2. The summed E-state index contributed by atoms with van der Waals surface area (Å²) in [5.74, 6) is -0.683. The lowest BCUT2D eigenvalue weighted by Crippen LogP contribution is -2.44. The summed E-state index contributed by atoms with van der Waals surface area (Å²) in [4.78, 5) is 14.9. The maximum atomic E-state index is 12.5. The molecule has 36 heavy (non-hydrogen) atoms. The van der Waals surface area contributed by atoms with Gasteiger partial charge in [-0.2, -0.15) is 0 Å². The highest BCUT2D eigenvalue weighted by molar-refractivity contribution is 7.91. The molecule has 0 spiro atoms. The van der Waals surface area contributed by atoms with Crippen molar-refractivity contribution in [1.29, 1.82) is 0 Å². The summed E-state index contributed by atoms with van der Waals surface area (Å²) in [5.41, 5.74) is 7.28. The maximum Gasteiger partial charge on any atom is 0.222 e. The van der Waals surface area contributed by atoms with Crippen molar-refractivity contribution in [1.82, 2.24) is 5.32 Å². The van der Waals surface area contributed by atoms with Crippen molar-refractivity contribution < 1.29 is 37.3 Å². The molecule has 2 N–H and O–H groups in total. The summed E-state index contributed by atoms with van der Waals surface area (Å²) in [6.07, 6.45) is -1.02. The van der Waals surface area contributed by atoms with Crippen LogP contribution in [0.5, 0.6) is 0 Å². The van der Waals surface area contributed by atoms with E-state index >= 15 is 0 Å². The van der Waals surface area contributed by atoms with E-state index in [1.165, 1.54) is 12.1 Å². The van der Waals surface area contributed by atoms with Crippen LogP contribution in [0, 0.1) is 5.41 Å². The van der Waals surface area contributed by atoms with Crippen LogP contribution < -0.4 is 5.32 Å². The second-order valence-electron chi connectivity index (χ2n) is 8.53. The lowest BCUT2D eigenvalue weighted by atomic mass is 9.87. The molecule has 0 aliphatic rings. The average Bonchev–Trinajstić information content (AvgIpc) is 2.85. The number of nitrogens with zero attached hydrogens (tertiary/aromatic N) is 3. The minimum absolute atomic E-state index is 0.124. The summed E-state index contributed by atoms with van der Waals surface area (Å²) in [7, 11) is -3.64. The largest absolute Gasteiger partial charge is 0.391 e. The maximum absolute atomic E-state index is 12.5. The summed E-state index contributed by atoms with van der Waals surface area (Å²) < 4.78 is 46.3. The van der Waals surface area contributed by atoms with Gasteiger partial charge in [-0.05, 0) is 17.7 Å². The van der Waals surface area contributed by atoms with Crippen LogP contribution in [0.15, 0.2) is 40.3 Å². The van der Waals surface area contributed by atoms with Gasteiger partial charge in [-0.1, -0.05) is 37.2 Å². The van der Waals surface area contributed by atoms with E-state index in [0.29, 0.717) is 52.8 Å². The molecule has 1 rings (SSSR count). The van der Waals surface area contributed by atoms with E-state index in [-0.39, 0.29) is 30.4 Å². The van der Waals surface area contributed by atoms with Crippen LogP contribution in [-0.4, -0.2) is 97.2 Å². The highest BCUT2D eigenvalue weighted by Gasteiger charge is 2.32. The van der Waals surface area contributed by atoms with Crippen LogP contribution in [0.3, 0.4) is 0 Å². The molecule has 0 aromatic heterocycles. The van der Waals surface area contributed by atoms with Gasteiger partial charge in [-0.25, -0.2) is 8.42 Å². The van der Waals surface area contributed by atoms with Gasteiger partial charge in [0.1, 0.15) is 0 Å². The van der Waals surface area contributed by atoms with E-state index in [1.54, 1.807) is 32.0 Å². The lowest BCUT2D eigenvalue weighted by molar-refractivity contribution is -0.123. The summed E-state index contributed by atoms with van der Waals surface area (Å²) in [6, 6.07) is 7.96. The average molecular weight is 531 g/mol. The number of ether oxygens (including phenoxy) is 4. The smallest absolute Gasteiger partial charge is 0.222 e. The van der Waals surface area contributed by atoms with Gasteiger partial charge in [0, 0.05) is 29.8 Å². The number of hydrogen-bond acceptors (Lipinski definition) is 9. The molecule has 0 fully saturated rings. The molecule has 0 heterocycles. The molecule has 204 valence electrons. The summed E-state index contributed by atoms with van der Waals surface area (Å²) in [6.45, 7) is 6.74. The Morgan fingerprint density at radius 2 is 1.53 bits per heavy atom. The third kappa shape index (κ3) is 14.3. The number of rotatable bonds is 21. The van der Waals surface area contributed by atoms with E-state index in [2.05, 4.69) is 15.3 Å². The normalized spacial score (nSPS) is 12.6. The van der Waals surface area contributed by atoms with Crippen LogP contribution >= 0.6 is 0 Å². The van der Waals surface area contributed by atoms with E-state index < -0.39 is 27.1 Å². The molecule has 1 unspecified atom stereocenters. The van der Waals surface area contributed by atoms with Crippen LogP contribution in [-0.2, 0) is 33.6 Å². The summed E-state index contributed by atoms with van der Waals surface area (Å²) in [5, 5.41) is 16.6. The van der Waals surface area contributed by atoms with Gasteiger partial charge in [-0.15, -0.1) is 0 Å². The van der Waals surface area contributed by atoms with E-state index in [0.717, 1.165) is 0 Å². The predicted octanol–water partition coefficient (Wildman–Crippen LogP) is 1.73. The van der Waals surface area contributed by atoms with Crippen molar-refractivity contribution in [3.05, 3.63) is 40.8 Å². The molecule has 1 aromatic carbocycles. The molecule has 0 saturated heterocycles. The first-order valence-corrected chi connectivity index (χ1v) is 13.4. The molecule has 0 radical (unpaired) electrons.